The van der Waals surface area contributed by atoms with E-state index in [4.69, 9.17) is 14.9 Å². The molecule has 0 aliphatic heterocycles. The molecule has 0 saturated heterocycles. The van der Waals surface area contributed by atoms with Gasteiger partial charge in [-0.05, 0) is 6.42 Å². The summed E-state index contributed by atoms with van der Waals surface area (Å²) in [5, 5.41) is 27.5. The summed E-state index contributed by atoms with van der Waals surface area (Å²) in [6, 6.07) is 0. The fourth-order valence-corrected chi connectivity index (χ4v) is 4.90. The van der Waals surface area contributed by atoms with Crippen molar-refractivity contribution in [2.24, 2.45) is 0 Å². The van der Waals surface area contributed by atoms with E-state index in [0.29, 0.717) is 0 Å². The Hall–Kier alpha value is -0.540. The maximum atomic E-state index is 11.8. The average Bonchev–Trinajstić information content (AvgIpc) is 2.90. The van der Waals surface area contributed by atoms with Gasteiger partial charge in [-0.25, -0.2) is 4.57 Å². The summed E-state index contributed by atoms with van der Waals surface area (Å²) in [7, 11) is -4.48. The lowest BCUT2D eigenvalue weighted by Crippen LogP contribution is -2.24. The predicted octanol–water partition coefficient (Wildman–Crippen LogP) is 6.20. The van der Waals surface area contributed by atoms with E-state index in [9.17, 15) is 19.4 Å². The van der Waals surface area contributed by atoms with Crippen molar-refractivity contribution in [1.29, 1.82) is 0 Å². The minimum absolute atomic E-state index is 0.271. The topological polar surface area (TPSA) is 143 Å². The van der Waals surface area contributed by atoms with Crippen LogP contribution in [0.1, 0.15) is 135 Å². The van der Waals surface area contributed by atoms with Gasteiger partial charge in [-0.1, -0.05) is 122 Å². The summed E-state index contributed by atoms with van der Waals surface area (Å²) in [4.78, 5) is 21.2. The van der Waals surface area contributed by atoms with Crippen LogP contribution in [0, 0.1) is 0 Å². The molecule has 0 bridgehead atoms. The van der Waals surface area contributed by atoms with Gasteiger partial charge in [0.05, 0.1) is 19.8 Å². The van der Waals surface area contributed by atoms with E-state index in [2.05, 4.69) is 16.0 Å². The molecule has 0 aromatic rings. The van der Waals surface area contributed by atoms with Crippen LogP contribution in [0.2, 0.25) is 0 Å². The van der Waals surface area contributed by atoms with Crippen molar-refractivity contribution < 1.29 is 43.4 Å². The monoisotopic (exact) mass is 568 g/mol. The summed E-state index contributed by atoms with van der Waals surface area (Å²) in [6.07, 6.45) is 22.2. The minimum atomic E-state index is -4.48. The summed E-state index contributed by atoms with van der Waals surface area (Å²) < 4.78 is 25.6. The van der Waals surface area contributed by atoms with Crippen LogP contribution in [0.15, 0.2) is 0 Å². The Morgan fingerprint density at radius 2 is 1.00 bits per heavy atom. The fourth-order valence-electron chi connectivity index (χ4n) is 4.11. The van der Waals surface area contributed by atoms with Crippen LogP contribution in [0.5, 0.6) is 0 Å². The van der Waals surface area contributed by atoms with Crippen molar-refractivity contribution in [3.05, 3.63) is 0 Å². The second kappa shape index (κ2) is 26.7. The number of phosphoric ester groups is 1. The van der Waals surface area contributed by atoms with Crippen molar-refractivity contribution in [3.8, 4) is 0 Å². The van der Waals surface area contributed by atoms with Crippen LogP contribution >= 0.6 is 7.82 Å². The van der Waals surface area contributed by atoms with Gasteiger partial charge in [-0.2, -0.15) is 0 Å². The Morgan fingerprint density at radius 3 is 1.39 bits per heavy atom. The van der Waals surface area contributed by atoms with Crippen LogP contribution < -0.4 is 0 Å². The van der Waals surface area contributed by atoms with Gasteiger partial charge in [-0.3, -0.25) is 13.8 Å². The summed E-state index contributed by atoms with van der Waals surface area (Å²) in [6.45, 7) is 0.126. The lowest BCUT2D eigenvalue weighted by Gasteiger charge is -2.16. The highest BCUT2D eigenvalue weighted by atomic mass is 31.2. The second-order valence-electron chi connectivity index (χ2n) is 10.3. The SMILES string of the molecule is CCCCCCCCCCCCCCCCCCCCCC(=O)OCC(O)COP(=O)(O)OCC(O)CO. The molecule has 0 radical (unpaired) electrons. The molecule has 228 valence electrons. The Balaban J connectivity index is 3.42. The second-order valence-corrected chi connectivity index (χ2v) is 11.8. The fraction of sp³-hybridized carbons (Fsp3) is 0.964. The standard InChI is InChI=1S/C28H57O9P/c1-2-3-4-5-6-7-8-9-10-11-12-13-14-15-16-17-18-19-20-21-28(32)35-23-27(31)25-37-38(33,34)36-24-26(30)22-29/h26-27,29-31H,2-25H2,1H3,(H,33,34). The van der Waals surface area contributed by atoms with Gasteiger partial charge in [0.2, 0.25) is 0 Å². The molecule has 3 unspecified atom stereocenters. The van der Waals surface area contributed by atoms with Crippen LogP contribution in [-0.4, -0.2) is 64.8 Å². The zero-order valence-electron chi connectivity index (χ0n) is 23.9. The molecule has 3 atom stereocenters. The number of carbonyl (C=O) groups is 1. The zero-order valence-corrected chi connectivity index (χ0v) is 24.8. The maximum absolute atomic E-state index is 11.8. The van der Waals surface area contributed by atoms with Crippen LogP contribution in [0.25, 0.3) is 0 Å². The number of carbonyl (C=O) groups excluding carboxylic acids is 1. The Labute approximate surface area is 231 Å². The number of aliphatic hydroxyl groups is 3. The van der Waals surface area contributed by atoms with Crippen LogP contribution in [0.3, 0.4) is 0 Å². The molecule has 0 aliphatic carbocycles. The number of aliphatic hydroxyl groups excluding tert-OH is 3. The van der Waals surface area contributed by atoms with E-state index in [-0.39, 0.29) is 13.0 Å². The highest BCUT2D eigenvalue weighted by molar-refractivity contribution is 7.47. The molecule has 9 nitrogen and oxygen atoms in total. The molecular formula is C28H57O9P. The molecule has 0 fully saturated rings. The number of ether oxygens (including phenoxy) is 1. The molecule has 10 heteroatoms. The summed E-state index contributed by atoms with van der Waals surface area (Å²) in [5.74, 6) is -0.425. The Bertz CT molecular complexity index is 577. The molecule has 4 N–H and O–H groups in total. The number of hydrogen-bond acceptors (Lipinski definition) is 8. The van der Waals surface area contributed by atoms with Gasteiger partial charge in [0.1, 0.15) is 18.8 Å². The van der Waals surface area contributed by atoms with E-state index in [1.165, 1.54) is 103 Å². The van der Waals surface area contributed by atoms with Crippen LogP contribution in [-0.2, 0) is 23.1 Å². The number of rotatable bonds is 29. The van der Waals surface area contributed by atoms with Gasteiger partial charge >= 0.3 is 13.8 Å². The number of esters is 1. The molecule has 0 amide bonds. The lowest BCUT2D eigenvalue weighted by atomic mass is 10.0. The molecule has 0 aromatic carbocycles. The van der Waals surface area contributed by atoms with Crippen molar-refractivity contribution in [2.75, 3.05) is 26.4 Å². The predicted molar refractivity (Wildman–Crippen MR) is 150 cm³/mol. The largest absolute Gasteiger partial charge is 0.472 e. The van der Waals surface area contributed by atoms with Gasteiger partial charge < -0.3 is 24.9 Å². The van der Waals surface area contributed by atoms with Crippen molar-refractivity contribution >= 4 is 13.8 Å². The van der Waals surface area contributed by atoms with Gasteiger partial charge in [0, 0.05) is 6.42 Å². The molecule has 0 aromatic heterocycles. The number of phosphoric acid groups is 1. The quantitative estimate of drug-likeness (QED) is 0.0471. The molecule has 0 spiro atoms. The first-order chi connectivity index (χ1) is 18.3. The van der Waals surface area contributed by atoms with Gasteiger partial charge in [-0.15, -0.1) is 0 Å². The van der Waals surface area contributed by atoms with Crippen molar-refractivity contribution in [1.82, 2.24) is 0 Å². The van der Waals surface area contributed by atoms with Crippen molar-refractivity contribution in [2.45, 2.75) is 148 Å². The third-order valence-electron chi connectivity index (χ3n) is 6.49. The van der Waals surface area contributed by atoms with E-state index < -0.39 is 45.8 Å². The van der Waals surface area contributed by atoms with E-state index in [1.807, 2.05) is 0 Å². The maximum Gasteiger partial charge on any atom is 0.472 e. The Morgan fingerprint density at radius 1 is 0.632 bits per heavy atom. The van der Waals surface area contributed by atoms with E-state index >= 15 is 0 Å². The highest BCUT2D eigenvalue weighted by Crippen LogP contribution is 2.43. The summed E-state index contributed by atoms with van der Waals surface area (Å²) >= 11 is 0. The molecule has 0 saturated carbocycles. The number of hydrogen-bond donors (Lipinski definition) is 4. The molecular weight excluding hydrogens is 511 g/mol. The van der Waals surface area contributed by atoms with Crippen molar-refractivity contribution in [3.63, 3.8) is 0 Å². The first-order valence-electron chi connectivity index (χ1n) is 15.0. The third kappa shape index (κ3) is 27.0. The normalized spacial score (nSPS) is 14.8. The Kier molecular flexibility index (Phi) is 26.3. The van der Waals surface area contributed by atoms with E-state index in [1.54, 1.807) is 0 Å². The average molecular weight is 569 g/mol. The summed E-state index contributed by atoms with van der Waals surface area (Å²) in [5.41, 5.74) is 0. The molecule has 0 aliphatic rings. The van der Waals surface area contributed by atoms with Gasteiger partial charge in [0.15, 0.2) is 0 Å². The minimum Gasteiger partial charge on any atom is -0.463 e. The molecule has 0 heterocycles. The van der Waals surface area contributed by atoms with E-state index in [0.717, 1.165) is 19.3 Å². The first kappa shape index (κ1) is 37.5. The molecule has 38 heavy (non-hydrogen) atoms. The zero-order chi connectivity index (χ0) is 28.3. The highest BCUT2D eigenvalue weighted by Gasteiger charge is 2.24. The smallest absolute Gasteiger partial charge is 0.463 e. The third-order valence-corrected chi connectivity index (χ3v) is 7.44. The van der Waals surface area contributed by atoms with Gasteiger partial charge in [0.25, 0.3) is 0 Å². The van der Waals surface area contributed by atoms with Crippen LogP contribution in [0.4, 0.5) is 0 Å². The lowest BCUT2D eigenvalue weighted by molar-refractivity contribution is -0.147. The molecule has 0 rings (SSSR count). The first-order valence-corrected chi connectivity index (χ1v) is 16.5. The number of unbranched alkanes of at least 4 members (excludes halogenated alkanes) is 18.